The van der Waals surface area contributed by atoms with Crippen LogP contribution in [-0.2, 0) is 6.54 Å². The maximum atomic E-state index is 4.41. The van der Waals surface area contributed by atoms with Gasteiger partial charge < -0.3 is 5.32 Å². The molecule has 0 amide bonds. The first-order chi connectivity index (χ1) is 7.75. The summed E-state index contributed by atoms with van der Waals surface area (Å²) in [5.74, 6) is 0.880. The van der Waals surface area contributed by atoms with Crippen LogP contribution in [0.2, 0.25) is 0 Å². The van der Waals surface area contributed by atoms with Gasteiger partial charge in [-0.05, 0) is 44.2 Å². The summed E-state index contributed by atoms with van der Waals surface area (Å²) >= 11 is 0. The molecular formula is C14H22N2. The van der Waals surface area contributed by atoms with Crippen molar-refractivity contribution in [2.75, 3.05) is 0 Å². The molecule has 0 unspecified atom stereocenters. The summed E-state index contributed by atoms with van der Waals surface area (Å²) in [7, 11) is 0. The van der Waals surface area contributed by atoms with E-state index in [2.05, 4.69) is 36.3 Å². The van der Waals surface area contributed by atoms with Crippen molar-refractivity contribution in [2.24, 2.45) is 5.92 Å². The molecule has 0 aromatic carbocycles. The summed E-state index contributed by atoms with van der Waals surface area (Å²) in [5.41, 5.74) is 2.38. The highest BCUT2D eigenvalue weighted by Gasteiger charge is 2.20. The molecule has 0 spiro atoms. The Morgan fingerprint density at radius 1 is 1.38 bits per heavy atom. The maximum Gasteiger partial charge on any atom is 0.0541 e. The van der Waals surface area contributed by atoms with Crippen LogP contribution in [0.5, 0.6) is 0 Å². The zero-order valence-corrected chi connectivity index (χ0v) is 10.4. The first-order valence-corrected chi connectivity index (χ1v) is 6.40. The van der Waals surface area contributed by atoms with Gasteiger partial charge in [0, 0.05) is 18.8 Å². The smallest absolute Gasteiger partial charge is 0.0541 e. The van der Waals surface area contributed by atoms with Gasteiger partial charge in [0.15, 0.2) is 0 Å². The molecule has 1 atom stereocenters. The Morgan fingerprint density at radius 2 is 2.12 bits per heavy atom. The third kappa shape index (κ3) is 3.05. The third-order valence-electron chi connectivity index (χ3n) is 3.68. The molecule has 1 saturated carbocycles. The molecule has 0 radical (unpaired) electrons. The number of hydrogen-bond acceptors (Lipinski definition) is 2. The van der Waals surface area contributed by atoms with Gasteiger partial charge in [-0.2, -0.15) is 0 Å². The van der Waals surface area contributed by atoms with E-state index in [0.717, 1.165) is 18.2 Å². The van der Waals surface area contributed by atoms with Crippen LogP contribution in [0.3, 0.4) is 0 Å². The fourth-order valence-corrected chi connectivity index (χ4v) is 2.49. The lowest BCUT2D eigenvalue weighted by Crippen LogP contribution is -2.31. The first kappa shape index (κ1) is 11.6. The maximum absolute atomic E-state index is 4.41. The molecule has 2 heteroatoms. The van der Waals surface area contributed by atoms with Crippen LogP contribution in [0.15, 0.2) is 18.3 Å². The van der Waals surface area contributed by atoms with E-state index in [-0.39, 0.29) is 0 Å². The van der Waals surface area contributed by atoms with Crippen molar-refractivity contribution >= 4 is 0 Å². The summed E-state index contributed by atoms with van der Waals surface area (Å²) in [6.45, 7) is 5.29. The number of nitrogens with one attached hydrogen (secondary N) is 1. The van der Waals surface area contributed by atoms with E-state index in [1.807, 2.05) is 6.20 Å². The van der Waals surface area contributed by atoms with Gasteiger partial charge in [-0.15, -0.1) is 0 Å². The average Bonchev–Trinajstić information content (AvgIpc) is 2.81. The van der Waals surface area contributed by atoms with E-state index in [1.54, 1.807) is 0 Å². The third-order valence-corrected chi connectivity index (χ3v) is 3.68. The van der Waals surface area contributed by atoms with Gasteiger partial charge in [0.05, 0.1) is 5.69 Å². The number of aromatic nitrogens is 1. The Balaban J connectivity index is 1.80. The van der Waals surface area contributed by atoms with Crippen molar-refractivity contribution in [2.45, 2.75) is 52.1 Å². The predicted molar refractivity (Wildman–Crippen MR) is 67.2 cm³/mol. The molecule has 1 heterocycles. The molecule has 0 aliphatic heterocycles. The quantitative estimate of drug-likeness (QED) is 0.840. The molecular weight excluding hydrogens is 196 g/mol. The minimum absolute atomic E-state index is 0.630. The molecule has 2 nitrogen and oxygen atoms in total. The second-order valence-electron chi connectivity index (χ2n) is 5.04. The van der Waals surface area contributed by atoms with Crippen LogP contribution >= 0.6 is 0 Å². The van der Waals surface area contributed by atoms with Crippen molar-refractivity contribution < 1.29 is 0 Å². The molecule has 16 heavy (non-hydrogen) atoms. The second-order valence-corrected chi connectivity index (χ2v) is 5.04. The summed E-state index contributed by atoms with van der Waals surface area (Å²) in [6.07, 6.45) is 7.57. The van der Waals surface area contributed by atoms with E-state index in [1.165, 1.54) is 31.2 Å². The van der Waals surface area contributed by atoms with Crippen molar-refractivity contribution in [3.8, 4) is 0 Å². The Labute approximate surface area is 98.5 Å². The Kier molecular flexibility index (Phi) is 3.94. The Bertz CT molecular complexity index is 312. The first-order valence-electron chi connectivity index (χ1n) is 6.40. The van der Waals surface area contributed by atoms with Gasteiger partial charge in [0.25, 0.3) is 0 Å². The number of aryl methyl sites for hydroxylation is 1. The summed E-state index contributed by atoms with van der Waals surface area (Å²) in [5, 5.41) is 3.60. The van der Waals surface area contributed by atoms with Crippen LogP contribution in [0, 0.1) is 12.8 Å². The van der Waals surface area contributed by atoms with Gasteiger partial charge in [0.2, 0.25) is 0 Å². The highest BCUT2D eigenvalue weighted by molar-refractivity contribution is 5.12. The predicted octanol–water partition coefficient (Wildman–Crippen LogP) is 3.06. The number of pyridine rings is 1. The fourth-order valence-electron chi connectivity index (χ4n) is 2.49. The Morgan fingerprint density at radius 3 is 2.75 bits per heavy atom. The molecule has 88 valence electrons. The standard InChI is InChI=1S/C14H22N2/c1-11-7-8-14(16-9-11)10-15-12(2)13-5-3-4-6-13/h7-9,12-13,15H,3-6,10H2,1-2H3/t12-/m0/s1. The second kappa shape index (κ2) is 5.44. The van der Waals surface area contributed by atoms with E-state index >= 15 is 0 Å². The van der Waals surface area contributed by atoms with E-state index in [9.17, 15) is 0 Å². The summed E-state index contributed by atoms with van der Waals surface area (Å²) < 4.78 is 0. The molecule has 1 N–H and O–H groups in total. The van der Waals surface area contributed by atoms with Crippen molar-refractivity contribution in [1.82, 2.24) is 10.3 Å². The van der Waals surface area contributed by atoms with E-state index in [4.69, 9.17) is 0 Å². The minimum Gasteiger partial charge on any atom is -0.308 e. The van der Waals surface area contributed by atoms with Crippen LogP contribution < -0.4 is 5.32 Å². The van der Waals surface area contributed by atoms with Gasteiger partial charge in [-0.1, -0.05) is 18.9 Å². The van der Waals surface area contributed by atoms with Crippen LogP contribution in [0.25, 0.3) is 0 Å². The van der Waals surface area contributed by atoms with Crippen molar-refractivity contribution in [3.63, 3.8) is 0 Å². The number of rotatable bonds is 4. The van der Waals surface area contributed by atoms with Crippen LogP contribution in [0.1, 0.15) is 43.9 Å². The van der Waals surface area contributed by atoms with Crippen LogP contribution in [0.4, 0.5) is 0 Å². The van der Waals surface area contributed by atoms with Gasteiger partial charge in [-0.25, -0.2) is 0 Å². The lowest BCUT2D eigenvalue weighted by atomic mass is 10.00. The topological polar surface area (TPSA) is 24.9 Å². The molecule has 1 aromatic heterocycles. The largest absolute Gasteiger partial charge is 0.308 e. The van der Waals surface area contributed by atoms with Crippen molar-refractivity contribution in [1.29, 1.82) is 0 Å². The lowest BCUT2D eigenvalue weighted by molar-refractivity contribution is 0.379. The zero-order valence-electron chi connectivity index (χ0n) is 10.4. The normalized spacial score (nSPS) is 18.9. The number of hydrogen-bond donors (Lipinski definition) is 1. The summed E-state index contributed by atoms with van der Waals surface area (Å²) in [4.78, 5) is 4.41. The van der Waals surface area contributed by atoms with Gasteiger partial charge in [0.1, 0.15) is 0 Å². The Hall–Kier alpha value is -0.890. The van der Waals surface area contributed by atoms with Gasteiger partial charge >= 0.3 is 0 Å². The van der Waals surface area contributed by atoms with Crippen LogP contribution in [-0.4, -0.2) is 11.0 Å². The number of nitrogens with zero attached hydrogens (tertiary/aromatic N) is 1. The molecule has 0 saturated heterocycles. The summed E-state index contributed by atoms with van der Waals surface area (Å²) in [6, 6.07) is 4.87. The van der Waals surface area contributed by atoms with E-state index in [0.29, 0.717) is 6.04 Å². The molecule has 1 aliphatic rings. The molecule has 1 aromatic rings. The SMILES string of the molecule is Cc1ccc(CN[C@@H](C)C2CCCC2)nc1. The molecule has 1 aliphatic carbocycles. The van der Waals surface area contributed by atoms with Crippen molar-refractivity contribution in [3.05, 3.63) is 29.6 Å². The minimum atomic E-state index is 0.630. The lowest BCUT2D eigenvalue weighted by Gasteiger charge is -2.20. The molecule has 2 rings (SSSR count). The zero-order chi connectivity index (χ0) is 11.4. The molecule has 1 fully saturated rings. The fraction of sp³-hybridized carbons (Fsp3) is 0.643. The highest BCUT2D eigenvalue weighted by Crippen LogP contribution is 2.27. The monoisotopic (exact) mass is 218 g/mol. The van der Waals surface area contributed by atoms with E-state index < -0.39 is 0 Å². The molecule has 0 bridgehead atoms. The van der Waals surface area contributed by atoms with Gasteiger partial charge in [-0.3, -0.25) is 4.98 Å². The average molecular weight is 218 g/mol. The highest BCUT2D eigenvalue weighted by atomic mass is 14.9.